The smallest absolute Gasteiger partial charge is 0.135 e. The predicted molar refractivity (Wildman–Crippen MR) is 49.6 cm³/mol. The topological polar surface area (TPSA) is 47.6 Å². The molecule has 0 atom stereocenters. The highest BCUT2D eigenvalue weighted by Gasteiger charge is 2.22. The minimum atomic E-state index is -0.418. The summed E-state index contributed by atoms with van der Waals surface area (Å²) < 4.78 is -0.418. The maximum absolute atomic E-state index is 8.41. The number of rotatable bonds is 3. The largest absolute Gasteiger partial charge is 0.185 e. The molecule has 0 heterocycles. The van der Waals surface area contributed by atoms with Gasteiger partial charge >= 0.3 is 0 Å². The van der Waals surface area contributed by atoms with E-state index < -0.39 is 4.08 Å². The fourth-order valence-corrected chi connectivity index (χ4v) is 1.73. The molecule has 0 N–H and O–H groups in total. The van der Waals surface area contributed by atoms with Crippen molar-refractivity contribution in [2.24, 2.45) is 0 Å². The molecule has 11 heavy (non-hydrogen) atoms. The van der Waals surface area contributed by atoms with Crippen LogP contribution in [0, 0.1) is 21.3 Å². The van der Waals surface area contributed by atoms with Crippen molar-refractivity contribution in [2.75, 3.05) is 0 Å². The Labute approximate surface area is 75.3 Å². The van der Waals surface area contributed by atoms with Crippen LogP contribution in [0.3, 0.4) is 0 Å². The summed E-state index contributed by atoms with van der Waals surface area (Å²) in [5, 5.41) is 20.8. The highest BCUT2D eigenvalue weighted by atomic mass is 32.2. The number of hydrogen-bond acceptors (Lipinski definition) is 4. The molecule has 0 aromatic heterocycles. The Morgan fingerprint density at radius 1 is 1.27 bits per heavy atom. The van der Waals surface area contributed by atoms with Crippen molar-refractivity contribution in [1.29, 1.82) is 10.5 Å². The molecule has 0 amide bonds. The van der Waals surface area contributed by atoms with Gasteiger partial charge in [0.2, 0.25) is 0 Å². The van der Waals surface area contributed by atoms with Crippen molar-refractivity contribution in [3.05, 3.63) is 12.2 Å². The van der Waals surface area contributed by atoms with Crippen molar-refractivity contribution in [3.8, 4) is 10.8 Å². The van der Waals surface area contributed by atoms with Crippen LogP contribution in [0.2, 0.25) is 0 Å². The van der Waals surface area contributed by atoms with Gasteiger partial charge in [-0.15, -0.1) is 0 Å². The lowest BCUT2D eigenvalue weighted by Gasteiger charge is -2.15. The van der Waals surface area contributed by atoms with Crippen molar-refractivity contribution >= 4 is 23.5 Å². The minimum absolute atomic E-state index is 0.418. The second-order valence-corrected chi connectivity index (χ2v) is 4.63. The molecule has 0 radical (unpaired) electrons. The summed E-state index contributed by atoms with van der Waals surface area (Å²) >= 11 is 2.17. The van der Waals surface area contributed by atoms with Gasteiger partial charge in [-0.25, -0.2) is 0 Å². The number of nitrogens with zero attached hydrogens (tertiary/aromatic N) is 2. The monoisotopic (exact) mass is 184 g/mol. The molecule has 2 nitrogen and oxygen atoms in total. The molecule has 0 aliphatic carbocycles. The van der Waals surface area contributed by atoms with E-state index in [0.29, 0.717) is 0 Å². The summed E-state index contributed by atoms with van der Waals surface area (Å²) in [7, 11) is 0. The molecular weight excluding hydrogens is 176 g/mol. The fourth-order valence-electron chi connectivity index (χ4n) is 0.573. The standard InChI is InChI=1S/C7H8N2S2/c1-3-4-7(2,10-5-8)11-6-9/h3-4H,1-2H3/b4-3+. The van der Waals surface area contributed by atoms with E-state index in [1.807, 2.05) is 36.8 Å². The van der Waals surface area contributed by atoms with E-state index in [1.54, 1.807) is 0 Å². The van der Waals surface area contributed by atoms with Crippen molar-refractivity contribution in [3.63, 3.8) is 0 Å². The summed E-state index contributed by atoms with van der Waals surface area (Å²) in [6, 6.07) is 0. The molecule has 0 aliphatic rings. The van der Waals surface area contributed by atoms with E-state index in [2.05, 4.69) is 0 Å². The second kappa shape index (κ2) is 5.12. The van der Waals surface area contributed by atoms with E-state index in [1.165, 1.54) is 0 Å². The lowest BCUT2D eigenvalue weighted by Crippen LogP contribution is -2.07. The van der Waals surface area contributed by atoms with Gasteiger partial charge in [0.15, 0.2) is 0 Å². The first-order valence-electron chi connectivity index (χ1n) is 2.96. The van der Waals surface area contributed by atoms with Crippen LogP contribution < -0.4 is 0 Å². The number of thiocyanates is 2. The Hall–Kier alpha value is -0.580. The van der Waals surface area contributed by atoms with Gasteiger partial charge in [-0.1, -0.05) is 12.2 Å². The summed E-state index contributed by atoms with van der Waals surface area (Å²) in [6.07, 6.45) is 3.68. The van der Waals surface area contributed by atoms with Crippen LogP contribution in [-0.2, 0) is 0 Å². The van der Waals surface area contributed by atoms with Gasteiger partial charge in [-0.2, -0.15) is 10.5 Å². The molecule has 0 rings (SSSR count). The molecule has 0 saturated heterocycles. The maximum atomic E-state index is 8.41. The molecule has 0 aromatic rings. The van der Waals surface area contributed by atoms with Gasteiger partial charge in [0.05, 0.1) is 0 Å². The summed E-state index contributed by atoms with van der Waals surface area (Å²) in [5.41, 5.74) is 0. The number of thioether (sulfide) groups is 2. The van der Waals surface area contributed by atoms with E-state index in [-0.39, 0.29) is 0 Å². The van der Waals surface area contributed by atoms with Gasteiger partial charge in [-0.3, -0.25) is 0 Å². The van der Waals surface area contributed by atoms with Gasteiger partial charge in [-0.05, 0) is 37.4 Å². The average Bonchev–Trinajstić information content (AvgIpc) is 1.88. The highest BCUT2D eigenvalue weighted by molar-refractivity contribution is 8.22. The average molecular weight is 184 g/mol. The van der Waals surface area contributed by atoms with Crippen molar-refractivity contribution < 1.29 is 0 Å². The lowest BCUT2D eigenvalue weighted by molar-refractivity contribution is 1.16. The molecule has 0 aromatic carbocycles. The van der Waals surface area contributed by atoms with Gasteiger partial charge in [0.25, 0.3) is 0 Å². The van der Waals surface area contributed by atoms with E-state index >= 15 is 0 Å². The van der Waals surface area contributed by atoms with Crippen LogP contribution in [0.1, 0.15) is 13.8 Å². The number of allylic oxidation sites excluding steroid dienone is 1. The van der Waals surface area contributed by atoms with E-state index in [4.69, 9.17) is 10.5 Å². The van der Waals surface area contributed by atoms with Gasteiger partial charge < -0.3 is 0 Å². The van der Waals surface area contributed by atoms with Crippen LogP contribution in [0.5, 0.6) is 0 Å². The Morgan fingerprint density at radius 3 is 2.00 bits per heavy atom. The first-order valence-corrected chi connectivity index (χ1v) is 4.60. The minimum Gasteiger partial charge on any atom is -0.185 e. The van der Waals surface area contributed by atoms with Gasteiger partial charge in [0.1, 0.15) is 14.9 Å². The normalized spacial score (nSPS) is 10.9. The molecule has 0 fully saturated rings. The molecule has 0 spiro atoms. The SMILES string of the molecule is C/C=C/C(C)(SC#N)SC#N. The van der Waals surface area contributed by atoms with Crippen LogP contribution in [0.25, 0.3) is 0 Å². The summed E-state index contributed by atoms with van der Waals surface area (Å²) in [4.78, 5) is 0. The first-order chi connectivity index (χ1) is 5.18. The molecule has 0 bridgehead atoms. The maximum Gasteiger partial charge on any atom is 0.135 e. The molecule has 0 unspecified atom stereocenters. The highest BCUT2D eigenvalue weighted by Crippen LogP contribution is 2.36. The zero-order chi connectivity index (χ0) is 8.74. The Kier molecular flexibility index (Phi) is 4.85. The number of nitriles is 2. The van der Waals surface area contributed by atoms with Crippen LogP contribution in [-0.4, -0.2) is 4.08 Å². The lowest BCUT2D eigenvalue weighted by atomic mass is 10.4. The Balaban J connectivity index is 4.30. The van der Waals surface area contributed by atoms with E-state index in [0.717, 1.165) is 23.5 Å². The summed E-state index contributed by atoms with van der Waals surface area (Å²) in [6.45, 7) is 3.71. The number of hydrogen-bond donors (Lipinski definition) is 0. The van der Waals surface area contributed by atoms with Crippen LogP contribution >= 0.6 is 23.5 Å². The zero-order valence-corrected chi connectivity index (χ0v) is 8.00. The third-order valence-corrected chi connectivity index (χ3v) is 2.73. The van der Waals surface area contributed by atoms with Gasteiger partial charge in [0, 0.05) is 0 Å². The third-order valence-electron chi connectivity index (χ3n) is 0.966. The molecule has 58 valence electrons. The Morgan fingerprint density at radius 2 is 1.73 bits per heavy atom. The third kappa shape index (κ3) is 3.98. The Bertz CT molecular complexity index is 206. The van der Waals surface area contributed by atoms with Crippen LogP contribution in [0.15, 0.2) is 12.2 Å². The van der Waals surface area contributed by atoms with E-state index in [9.17, 15) is 0 Å². The summed E-state index contributed by atoms with van der Waals surface area (Å²) in [5.74, 6) is 0. The molecule has 4 heteroatoms. The predicted octanol–water partition coefficient (Wildman–Crippen LogP) is 2.71. The fraction of sp³-hybridized carbons (Fsp3) is 0.429. The second-order valence-electron chi connectivity index (χ2n) is 1.90. The quantitative estimate of drug-likeness (QED) is 0.384. The van der Waals surface area contributed by atoms with Crippen molar-refractivity contribution in [2.45, 2.75) is 17.9 Å². The van der Waals surface area contributed by atoms with Crippen LogP contribution in [0.4, 0.5) is 0 Å². The molecule has 0 saturated carbocycles. The van der Waals surface area contributed by atoms with Crippen molar-refractivity contribution in [1.82, 2.24) is 0 Å². The zero-order valence-electron chi connectivity index (χ0n) is 6.37. The first kappa shape index (κ1) is 10.4. The molecule has 0 aliphatic heterocycles. The molecular formula is C7H8N2S2.